The SMILES string of the molecule is O=C(NCCc1c[nH]c2ccccc12)C1CCN(C(=O)c2cccc3ccccc23)CC1. The maximum Gasteiger partial charge on any atom is 0.254 e. The molecule has 2 N–H and O–H groups in total. The molecule has 1 saturated heterocycles. The van der Waals surface area contributed by atoms with Crippen molar-refractivity contribution in [3.05, 3.63) is 84.1 Å². The van der Waals surface area contributed by atoms with Gasteiger partial charge in [-0.25, -0.2) is 0 Å². The third-order valence-electron chi connectivity index (χ3n) is 6.54. The molecule has 0 saturated carbocycles. The van der Waals surface area contributed by atoms with E-state index in [0.717, 1.165) is 28.3 Å². The van der Waals surface area contributed by atoms with Crippen molar-refractivity contribution in [2.75, 3.05) is 19.6 Å². The van der Waals surface area contributed by atoms with Crippen LogP contribution in [-0.4, -0.2) is 41.3 Å². The zero-order valence-corrected chi connectivity index (χ0v) is 18.0. The van der Waals surface area contributed by atoms with E-state index in [0.29, 0.717) is 32.5 Å². The summed E-state index contributed by atoms with van der Waals surface area (Å²) < 4.78 is 0. The number of nitrogens with zero attached hydrogens (tertiary/aromatic N) is 1. The highest BCUT2D eigenvalue weighted by atomic mass is 16.2. The van der Waals surface area contributed by atoms with Gasteiger partial charge in [0, 0.05) is 48.2 Å². The molecular formula is C27H27N3O2. The summed E-state index contributed by atoms with van der Waals surface area (Å²) in [5.41, 5.74) is 3.08. The van der Waals surface area contributed by atoms with Crippen molar-refractivity contribution in [1.82, 2.24) is 15.2 Å². The Labute approximate surface area is 187 Å². The number of benzene rings is 3. The Morgan fingerprint density at radius 3 is 2.47 bits per heavy atom. The summed E-state index contributed by atoms with van der Waals surface area (Å²) in [5, 5.41) is 6.36. The predicted octanol–water partition coefficient (Wildman–Crippen LogP) is 4.53. The first kappa shape index (κ1) is 20.3. The molecule has 0 spiro atoms. The van der Waals surface area contributed by atoms with Gasteiger partial charge in [-0.2, -0.15) is 0 Å². The van der Waals surface area contributed by atoms with E-state index in [1.165, 1.54) is 10.9 Å². The quantitative estimate of drug-likeness (QED) is 0.493. The van der Waals surface area contributed by atoms with Gasteiger partial charge in [-0.1, -0.05) is 54.6 Å². The van der Waals surface area contributed by atoms with Crippen molar-refractivity contribution in [3.8, 4) is 0 Å². The van der Waals surface area contributed by atoms with Gasteiger partial charge in [-0.3, -0.25) is 9.59 Å². The molecule has 1 aliphatic rings. The zero-order chi connectivity index (χ0) is 21.9. The average Bonchev–Trinajstić information content (AvgIpc) is 3.26. The monoisotopic (exact) mass is 425 g/mol. The lowest BCUT2D eigenvalue weighted by Gasteiger charge is -2.31. The van der Waals surface area contributed by atoms with E-state index in [9.17, 15) is 9.59 Å². The van der Waals surface area contributed by atoms with E-state index in [2.05, 4.69) is 22.4 Å². The van der Waals surface area contributed by atoms with E-state index >= 15 is 0 Å². The predicted molar refractivity (Wildman–Crippen MR) is 128 cm³/mol. The first-order valence-corrected chi connectivity index (χ1v) is 11.3. The van der Waals surface area contributed by atoms with E-state index in [4.69, 9.17) is 0 Å². The Bertz CT molecular complexity index is 1260. The highest BCUT2D eigenvalue weighted by molar-refractivity contribution is 6.07. The summed E-state index contributed by atoms with van der Waals surface area (Å²) in [4.78, 5) is 31.0. The van der Waals surface area contributed by atoms with Crippen LogP contribution in [0.4, 0.5) is 0 Å². The van der Waals surface area contributed by atoms with E-state index < -0.39 is 0 Å². The number of H-pyrrole nitrogens is 1. The number of hydrogen-bond donors (Lipinski definition) is 2. The van der Waals surface area contributed by atoms with Crippen molar-refractivity contribution in [3.63, 3.8) is 0 Å². The van der Waals surface area contributed by atoms with Crippen molar-refractivity contribution in [1.29, 1.82) is 0 Å². The number of amides is 2. The first-order chi connectivity index (χ1) is 15.7. The number of aromatic nitrogens is 1. The van der Waals surface area contributed by atoms with Crippen molar-refractivity contribution < 1.29 is 9.59 Å². The van der Waals surface area contributed by atoms with Gasteiger partial charge in [-0.15, -0.1) is 0 Å². The van der Waals surface area contributed by atoms with Gasteiger partial charge in [0.05, 0.1) is 0 Å². The van der Waals surface area contributed by atoms with Gasteiger partial charge >= 0.3 is 0 Å². The molecule has 3 aromatic carbocycles. The third kappa shape index (κ3) is 3.98. The van der Waals surface area contributed by atoms with E-state index in [1.807, 2.05) is 65.7 Å². The van der Waals surface area contributed by atoms with Crippen LogP contribution in [0, 0.1) is 5.92 Å². The van der Waals surface area contributed by atoms with Crippen LogP contribution in [0.3, 0.4) is 0 Å². The lowest BCUT2D eigenvalue weighted by Crippen LogP contribution is -2.43. The lowest BCUT2D eigenvalue weighted by atomic mass is 9.94. The van der Waals surface area contributed by atoms with Crippen LogP contribution in [0.2, 0.25) is 0 Å². The minimum absolute atomic E-state index is 0.0328. The van der Waals surface area contributed by atoms with Gasteiger partial charge in [0.2, 0.25) is 5.91 Å². The van der Waals surface area contributed by atoms with Crippen LogP contribution in [0.5, 0.6) is 0 Å². The summed E-state index contributed by atoms with van der Waals surface area (Å²) in [6.07, 6.45) is 4.23. The van der Waals surface area contributed by atoms with Crippen LogP contribution >= 0.6 is 0 Å². The highest BCUT2D eigenvalue weighted by Gasteiger charge is 2.28. The number of likely N-dealkylation sites (tertiary alicyclic amines) is 1. The maximum absolute atomic E-state index is 13.1. The minimum atomic E-state index is -0.0328. The van der Waals surface area contributed by atoms with Crippen LogP contribution in [0.15, 0.2) is 72.9 Å². The summed E-state index contributed by atoms with van der Waals surface area (Å²) in [6.45, 7) is 1.85. The van der Waals surface area contributed by atoms with Crippen molar-refractivity contribution >= 4 is 33.5 Å². The largest absolute Gasteiger partial charge is 0.361 e. The van der Waals surface area contributed by atoms with Crippen molar-refractivity contribution in [2.24, 2.45) is 5.92 Å². The molecule has 0 atom stereocenters. The van der Waals surface area contributed by atoms with Crippen molar-refractivity contribution in [2.45, 2.75) is 19.3 Å². The van der Waals surface area contributed by atoms with Gasteiger partial charge in [-0.05, 0) is 47.7 Å². The number of carbonyl (C=O) groups excluding carboxylic acids is 2. The van der Waals surface area contributed by atoms with Gasteiger partial charge in [0.1, 0.15) is 0 Å². The topological polar surface area (TPSA) is 65.2 Å². The molecule has 0 bridgehead atoms. The fraction of sp³-hybridized carbons (Fsp3) is 0.259. The van der Waals surface area contributed by atoms with Gasteiger partial charge < -0.3 is 15.2 Å². The summed E-state index contributed by atoms with van der Waals surface area (Å²) >= 11 is 0. The highest BCUT2D eigenvalue weighted by Crippen LogP contribution is 2.24. The molecule has 4 aromatic rings. The number of para-hydroxylation sites is 1. The Morgan fingerprint density at radius 2 is 1.62 bits per heavy atom. The molecule has 32 heavy (non-hydrogen) atoms. The first-order valence-electron chi connectivity index (χ1n) is 11.3. The summed E-state index contributed by atoms with van der Waals surface area (Å²) in [5.74, 6) is 0.122. The van der Waals surface area contributed by atoms with Crippen LogP contribution in [0.25, 0.3) is 21.7 Å². The number of aromatic amines is 1. The number of carbonyl (C=O) groups is 2. The summed E-state index contributed by atoms with van der Waals surface area (Å²) in [7, 11) is 0. The Balaban J connectivity index is 1.15. The number of piperidine rings is 1. The molecule has 1 aromatic heterocycles. The number of rotatable bonds is 5. The molecule has 5 rings (SSSR count). The Hall–Kier alpha value is -3.60. The van der Waals surface area contributed by atoms with Crippen LogP contribution in [-0.2, 0) is 11.2 Å². The minimum Gasteiger partial charge on any atom is -0.361 e. The molecule has 2 heterocycles. The van der Waals surface area contributed by atoms with Crippen LogP contribution < -0.4 is 5.32 Å². The second-order valence-electron chi connectivity index (χ2n) is 8.49. The van der Waals surface area contributed by atoms with Gasteiger partial charge in [0.25, 0.3) is 5.91 Å². The average molecular weight is 426 g/mol. The van der Waals surface area contributed by atoms with Gasteiger partial charge in [0.15, 0.2) is 0 Å². The molecule has 0 aliphatic carbocycles. The maximum atomic E-state index is 13.1. The molecule has 0 radical (unpaired) electrons. The number of hydrogen-bond acceptors (Lipinski definition) is 2. The lowest BCUT2D eigenvalue weighted by molar-refractivity contribution is -0.126. The van der Waals surface area contributed by atoms with E-state index in [1.54, 1.807) is 0 Å². The molecule has 2 amide bonds. The standard InChI is InChI=1S/C27H27N3O2/c31-26(28-15-12-21-18-29-25-11-4-3-9-23(21)25)20-13-16-30(17-14-20)27(32)24-10-5-7-19-6-1-2-8-22(19)24/h1-11,18,20,29H,12-17H2,(H,28,31). The Morgan fingerprint density at radius 1 is 0.906 bits per heavy atom. The molecule has 162 valence electrons. The molecule has 1 fully saturated rings. The normalized spacial score (nSPS) is 14.7. The molecule has 1 aliphatic heterocycles. The second kappa shape index (κ2) is 8.87. The fourth-order valence-electron chi connectivity index (χ4n) is 4.73. The van der Waals surface area contributed by atoms with E-state index in [-0.39, 0.29) is 17.7 Å². The fourth-order valence-corrected chi connectivity index (χ4v) is 4.73. The third-order valence-corrected chi connectivity index (χ3v) is 6.54. The Kier molecular flexibility index (Phi) is 5.63. The molecule has 5 heteroatoms. The number of fused-ring (bicyclic) bond motifs is 2. The zero-order valence-electron chi connectivity index (χ0n) is 18.0. The summed E-state index contributed by atoms with van der Waals surface area (Å²) in [6, 6.07) is 22.0. The molecule has 0 unspecified atom stereocenters. The second-order valence-corrected chi connectivity index (χ2v) is 8.49. The molecular weight excluding hydrogens is 398 g/mol. The smallest absolute Gasteiger partial charge is 0.254 e. The van der Waals surface area contributed by atoms with Crippen LogP contribution in [0.1, 0.15) is 28.8 Å². The molecule has 5 nitrogen and oxygen atoms in total. The number of nitrogens with one attached hydrogen (secondary N) is 2.